The molecule has 0 bridgehead atoms. The van der Waals surface area contributed by atoms with E-state index in [0.29, 0.717) is 17.0 Å². The topological polar surface area (TPSA) is 59.2 Å². The number of aromatic nitrogens is 2. The van der Waals surface area contributed by atoms with Gasteiger partial charge in [-0.2, -0.15) is 0 Å². The van der Waals surface area contributed by atoms with Crippen molar-refractivity contribution in [2.75, 3.05) is 0 Å². The van der Waals surface area contributed by atoms with Crippen molar-refractivity contribution in [2.45, 2.75) is 52.4 Å². The van der Waals surface area contributed by atoms with E-state index in [4.69, 9.17) is 14.4 Å². The molecule has 0 unspecified atom stereocenters. The fourth-order valence-corrected chi connectivity index (χ4v) is 5.05. The third kappa shape index (κ3) is 5.46. The number of aromatic hydroxyl groups is 1. The average molecular weight is 721 g/mol. The molecule has 2 aromatic heterocycles. The summed E-state index contributed by atoms with van der Waals surface area (Å²) in [5.41, 5.74) is 9.01. The minimum Gasteiger partial charge on any atom is -0.507 e. The molecule has 0 spiro atoms. The Morgan fingerprint density at radius 2 is 1.32 bits per heavy atom. The maximum Gasteiger partial charge on any atom is 0.230 e. The summed E-state index contributed by atoms with van der Waals surface area (Å²) in [4.78, 5) is 9.65. The minimum atomic E-state index is -0.116. The quantitative estimate of drug-likeness (QED) is 0.185. The Labute approximate surface area is 255 Å². The Morgan fingerprint density at radius 3 is 2.02 bits per heavy atom. The molecule has 5 heteroatoms. The predicted molar refractivity (Wildman–Crippen MR) is 164 cm³/mol. The Balaban J connectivity index is 0.00000337. The van der Waals surface area contributed by atoms with Gasteiger partial charge in [-0.05, 0) is 46.0 Å². The van der Waals surface area contributed by atoms with Crippen molar-refractivity contribution in [3.8, 4) is 39.5 Å². The van der Waals surface area contributed by atoms with Crippen LogP contribution in [0.15, 0.2) is 89.5 Å². The molecule has 0 aliphatic carbocycles. The van der Waals surface area contributed by atoms with Gasteiger partial charge in [0.05, 0.1) is 11.1 Å². The van der Waals surface area contributed by atoms with Gasteiger partial charge in [0.1, 0.15) is 11.3 Å². The van der Waals surface area contributed by atoms with Crippen LogP contribution >= 0.6 is 0 Å². The molecule has 210 valence electrons. The molecule has 41 heavy (non-hydrogen) atoms. The first kappa shape index (κ1) is 28.8. The smallest absolute Gasteiger partial charge is 0.230 e. The number of pyridine rings is 1. The molecule has 0 atom stereocenters. The van der Waals surface area contributed by atoms with E-state index in [1.807, 2.05) is 24.4 Å². The number of hydrogen-bond donors (Lipinski definition) is 1. The van der Waals surface area contributed by atoms with E-state index in [-0.39, 0.29) is 37.6 Å². The molecule has 0 saturated heterocycles. The molecule has 6 aromatic rings. The van der Waals surface area contributed by atoms with Gasteiger partial charge in [-0.3, -0.25) is 4.98 Å². The summed E-state index contributed by atoms with van der Waals surface area (Å²) in [7, 11) is 0. The van der Waals surface area contributed by atoms with Gasteiger partial charge in [-0.15, -0.1) is 34.9 Å². The molecule has 0 saturated carbocycles. The summed E-state index contributed by atoms with van der Waals surface area (Å²) in [5, 5.41) is 11.6. The van der Waals surface area contributed by atoms with Crippen molar-refractivity contribution >= 4 is 22.0 Å². The largest absolute Gasteiger partial charge is 0.507 e. The molecule has 4 aromatic carbocycles. The van der Waals surface area contributed by atoms with Crippen LogP contribution in [-0.4, -0.2) is 15.1 Å². The number of benzene rings is 4. The number of phenols is 1. The maximum absolute atomic E-state index is 10.5. The molecule has 0 fully saturated rings. The first-order chi connectivity index (χ1) is 19.0. The summed E-state index contributed by atoms with van der Waals surface area (Å²) < 4.78 is 6.31. The molecular weight excluding hydrogens is 687 g/mol. The Morgan fingerprint density at radius 1 is 0.683 bits per heavy atom. The van der Waals surface area contributed by atoms with Crippen LogP contribution in [0.25, 0.3) is 55.7 Å². The van der Waals surface area contributed by atoms with Crippen molar-refractivity contribution in [2.24, 2.45) is 0 Å². The molecular formula is C36H33N2O2Pt-. The van der Waals surface area contributed by atoms with E-state index >= 15 is 0 Å². The maximum atomic E-state index is 10.5. The van der Waals surface area contributed by atoms with Gasteiger partial charge in [0.25, 0.3) is 0 Å². The number of oxazole rings is 1. The van der Waals surface area contributed by atoms with Gasteiger partial charge >= 0.3 is 0 Å². The Kier molecular flexibility index (Phi) is 7.42. The molecule has 0 radical (unpaired) electrons. The van der Waals surface area contributed by atoms with Crippen LogP contribution in [0.5, 0.6) is 5.75 Å². The zero-order valence-corrected chi connectivity index (χ0v) is 26.4. The van der Waals surface area contributed by atoms with Gasteiger partial charge in [-0.25, -0.2) is 4.98 Å². The van der Waals surface area contributed by atoms with Crippen molar-refractivity contribution in [1.82, 2.24) is 9.97 Å². The zero-order chi connectivity index (χ0) is 28.2. The van der Waals surface area contributed by atoms with Crippen molar-refractivity contribution in [3.63, 3.8) is 0 Å². The SMILES string of the molecule is CC(C)(C)c1cc(-c2cccc3cccnc23)[c-]c(-c2cc(C(C)(C)C)cc3oc(-c4ccccc4O)nc23)c1.[Pt]. The average Bonchev–Trinajstić information content (AvgIpc) is 3.35. The van der Waals surface area contributed by atoms with Crippen molar-refractivity contribution in [1.29, 1.82) is 0 Å². The Bertz CT molecular complexity index is 1890. The molecule has 2 heterocycles. The number of para-hydroxylation sites is 2. The third-order valence-electron chi connectivity index (χ3n) is 7.44. The van der Waals surface area contributed by atoms with Gasteiger partial charge in [-0.1, -0.05) is 95.1 Å². The molecule has 6 rings (SSSR count). The van der Waals surface area contributed by atoms with Crippen molar-refractivity contribution < 1.29 is 30.6 Å². The van der Waals surface area contributed by atoms with Gasteiger partial charge in [0, 0.05) is 32.8 Å². The van der Waals surface area contributed by atoms with E-state index in [2.05, 4.69) is 96.1 Å². The van der Waals surface area contributed by atoms with E-state index in [1.54, 1.807) is 12.1 Å². The second kappa shape index (κ2) is 10.6. The van der Waals surface area contributed by atoms with Gasteiger partial charge in [0.2, 0.25) is 5.89 Å². The van der Waals surface area contributed by atoms with E-state index in [1.165, 1.54) is 5.56 Å². The van der Waals surface area contributed by atoms with Crippen molar-refractivity contribution in [3.05, 3.63) is 102 Å². The summed E-state index contributed by atoms with van der Waals surface area (Å²) in [5.74, 6) is 0.532. The van der Waals surface area contributed by atoms with Crippen LogP contribution < -0.4 is 0 Å². The molecule has 0 amide bonds. The van der Waals surface area contributed by atoms with Crippen LogP contribution in [0.4, 0.5) is 0 Å². The number of nitrogens with zero attached hydrogens (tertiary/aromatic N) is 2. The second-order valence-corrected chi connectivity index (χ2v) is 12.5. The van der Waals surface area contributed by atoms with E-state index in [9.17, 15) is 5.11 Å². The standard InChI is InChI=1S/C36H33N2O2.Pt/c1-35(2,3)25-18-23(27-14-9-11-22-12-10-16-37-32(22)27)17-24(19-25)29-20-26(36(4,5)6)21-31-33(29)38-34(40-31)28-13-7-8-15-30(28)39;/h7-16,18-21,39H,1-6H3;/q-1;. The monoisotopic (exact) mass is 720 g/mol. The summed E-state index contributed by atoms with van der Waals surface area (Å²) in [6.45, 7) is 13.3. The van der Waals surface area contributed by atoms with Crippen LogP contribution in [0.3, 0.4) is 0 Å². The number of phenolic OH excluding ortho intramolecular Hbond substituents is 1. The van der Waals surface area contributed by atoms with E-state index in [0.717, 1.165) is 44.2 Å². The van der Waals surface area contributed by atoms with Gasteiger partial charge in [0.15, 0.2) is 0 Å². The second-order valence-electron chi connectivity index (χ2n) is 12.5. The first-order valence-electron chi connectivity index (χ1n) is 13.6. The summed E-state index contributed by atoms with van der Waals surface area (Å²) in [6, 6.07) is 29.9. The normalized spacial score (nSPS) is 12.0. The van der Waals surface area contributed by atoms with E-state index < -0.39 is 0 Å². The first-order valence-corrected chi connectivity index (χ1v) is 13.6. The number of rotatable bonds is 3. The number of fused-ring (bicyclic) bond motifs is 2. The molecule has 4 nitrogen and oxygen atoms in total. The van der Waals surface area contributed by atoms with Crippen LogP contribution in [0.2, 0.25) is 0 Å². The fraction of sp³-hybridized carbons (Fsp3) is 0.222. The third-order valence-corrected chi connectivity index (χ3v) is 7.44. The summed E-state index contributed by atoms with van der Waals surface area (Å²) in [6.07, 6.45) is 1.84. The van der Waals surface area contributed by atoms with Crippen LogP contribution in [0.1, 0.15) is 52.7 Å². The van der Waals surface area contributed by atoms with Crippen LogP contribution in [0, 0.1) is 6.07 Å². The molecule has 1 N–H and O–H groups in total. The van der Waals surface area contributed by atoms with Crippen LogP contribution in [-0.2, 0) is 31.9 Å². The Hall–Kier alpha value is -3.75. The molecule has 0 aliphatic rings. The minimum absolute atomic E-state index is 0. The predicted octanol–water partition coefficient (Wildman–Crippen LogP) is 9.48. The molecule has 0 aliphatic heterocycles. The fourth-order valence-electron chi connectivity index (χ4n) is 5.05. The van der Waals surface area contributed by atoms with Gasteiger partial charge < -0.3 is 9.52 Å². The summed E-state index contributed by atoms with van der Waals surface area (Å²) >= 11 is 0. The number of hydrogen-bond acceptors (Lipinski definition) is 4. The zero-order valence-electron chi connectivity index (χ0n) is 24.1.